The highest BCUT2D eigenvalue weighted by Crippen LogP contribution is 2.36. The monoisotopic (exact) mass is 340 g/mol. The van der Waals surface area contributed by atoms with Crippen molar-refractivity contribution in [2.75, 3.05) is 33.4 Å². The molecule has 1 N–H and O–H groups in total. The first-order valence-electron chi connectivity index (χ1n) is 8.13. The van der Waals surface area contributed by atoms with E-state index in [9.17, 15) is 4.79 Å². The van der Waals surface area contributed by atoms with Crippen molar-refractivity contribution in [3.8, 4) is 11.5 Å². The standard InChI is InChI=1S/C17H25ClN2O3/c1-3-23-15-11-13(10-14(18)17(15)22-2)12-19-7-5-9-20-8-4-6-16(20)21/h10-11,19H,3-9,12H2,1-2H3. The average Bonchev–Trinajstić information content (AvgIpc) is 2.92. The molecule has 1 aliphatic rings. The predicted molar refractivity (Wildman–Crippen MR) is 91.3 cm³/mol. The zero-order valence-electron chi connectivity index (χ0n) is 13.9. The Morgan fingerprint density at radius 3 is 2.87 bits per heavy atom. The van der Waals surface area contributed by atoms with Crippen molar-refractivity contribution >= 4 is 17.5 Å². The number of nitrogens with one attached hydrogen (secondary N) is 1. The van der Waals surface area contributed by atoms with Gasteiger partial charge in [0, 0.05) is 26.1 Å². The molecule has 23 heavy (non-hydrogen) atoms. The predicted octanol–water partition coefficient (Wildman–Crippen LogP) is 2.85. The SMILES string of the molecule is CCOc1cc(CNCCCN2CCCC2=O)cc(Cl)c1OC. The van der Waals surface area contributed by atoms with E-state index in [0.29, 0.717) is 36.1 Å². The number of carbonyl (C=O) groups is 1. The maximum atomic E-state index is 11.5. The van der Waals surface area contributed by atoms with Gasteiger partial charge in [-0.15, -0.1) is 0 Å². The van der Waals surface area contributed by atoms with Crippen molar-refractivity contribution in [1.29, 1.82) is 0 Å². The number of nitrogens with zero attached hydrogens (tertiary/aromatic N) is 1. The minimum Gasteiger partial charge on any atom is -0.491 e. The molecule has 0 spiro atoms. The van der Waals surface area contributed by atoms with Crippen LogP contribution in [0.25, 0.3) is 0 Å². The fraction of sp³-hybridized carbons (Fsp3) is 0.588. The molecule has 0 radical (unpaired) electrons. The molecular weight excluding hydrogens is 316 g/mol. The lowest BCUT2D eigenvalue weighted by atomic mass is 10.2. The molecule has 1 amide bonds. The van der Waals surface area contributed by atoms with E-state index in [-0.39, 0.29) is 5.91 Å². The Morgan fingerprint density at radius 2 is 2.22 bits per heavy atom. The van der Waals surface area contributed by atoms with Crippen LogP contribution in [0.3, 0.4) is 0 Å². The van der Waals surface area contributed by atoms with Gasteiger partial charge in [0.05, 0.1) is 18.7 Å². The van der Waals surface area contributed by atoms with E-state index < -0.39 is 0 Å². The van der Waals surface area contributed by atoms with E-state index in [4.69, 9.17) is 21.1 Å². The Kier molecular flexibility index (Phi) is 6.99. The summed E-state index contributed by atoms with van der Waals surface area (Å²) in [6.07, 6.45) is 2.66. The number of halogens is 1. The average molecular weight is 341 g/mol. The highest BCUT2D eigenvalue weighted by atomic mass is 35.5. The molecule has 6 heteroatoms. The summed E-state index contributed by atoms with van der Waals surface area (Å²) >= 11 is 6.24. The third-order valence-electron chi connectivity index (χ3n) is 3.86. The summed E-state index contributed by atoms with van der Waals surface area (Å²) in [5.41, 5.74) is 1.05. The fourth-order valence-electron chi connectivity index (χ4n) is 2.75. The number of hydrogen-bond donors (Lipinski definition) is 1. The molecule has 1 aromatic rings. The van der Waals surface area contributed by atoms with E-state index >= 15 is 0 Å². The van der Waals surface area contributed by atoms with Crippen LogP contribution in [-0.4, -0.2) is 44.2 Å². The molecule has 128 valence electrons. The molecule has 1 aromatic carbocycles. The summed E-state index contributed by atoms with van der Waals surface area (Å²) < 4.78 is 10.9. The summed E-state index contributed by atoms with van der Waals surface area (Å²) in [6.45, 7) is 5.80. The van der Waals surface area contributed by atoms with Gasteiger partial charge in [-0.25, -0.2) is 0 Å². The van der Waals surface area contributed by atoms with Gasteiger partial charge >= 0.3 is 0 Å². The molecule has 0 aromatic heterocycles. The van der Waals surface area contributed by atoms with Gasteiger partial charge < -0.3 is 19.7 Å². The topological polar surface area (TPSA) is 50.8 Å². The van der Waals surface area contributed by atoms with E-state index in [2.05, 4.69) is 5.32 Å². The molecular formula is C17H25ClN2O3. The van der Waals surface area contributed by atoms with Crippen LogP contribution in [-0.2, 0) is 11.3 Å². The lowest BCUT2D eigenvalue weighted by Gasteiger charge is -2.16. The maximum absolute atomic E-state index is 11.5. The molecule has 1 heterocycles. The highest BCUT2D eigenvalue weighted by Gasteiger charge is 2.18. The van der Waals surface area contributed by atoms with Crippen LogP contribution in [0.4, 0.5) is 0 Å². The summed E-state index contributed by atoms with van der Waals surface area (Å²) in [5, 5.41) is 3.94. The number of methoxy groups -OCH3 is 1. The smallest absolute Gasteiger partial charge is 0.222 e. The number of amides is 1. The van der Waals surface area contributed by atoms with Gasteiger partial charge in [-0.1, -0.05) is 11.6 Å². The van der Waals surface area contributed by atoms with Crippen molar-refractivity contribution in [2.24, 2.45) is 0 Å². The summed E-state index contributed by atoms with van der Waals surface area (Å²) in [4.78, 5) is 13.5. The van der Waals surface area contributed by atoms with Crippen molar-refractivity contribution in [3.63, 3.8) is 0 Å². The number of rotatable bonds is 9. The van der Waals surface area contributed by atoms with Crippen molar-refractivity contribution in [1.82, 2.24) is 10.2 Å². The molecule has 0 unspecified atom stereocenters. The number of likely N-dealkylation sites (tertiary alicyclic amines) is 1. The van der Waals surface area contributed by atoms with Crippen LogP contribution >= 0.6 is 11.6 Å². The number of carbonyl (C=O) groups excluding carboxylic acids is 1. The molecule has 1 fully saturated rings. The third kappa shape index (κ3) is 5.01. The maximum Gasteiger partial charge on any atom is 0.222 e. The molecule has 1 saturated heterocycles. The van der Waals surface area contributed by atoms with Crippen LogP contribution in [0.2, 0.25) is 5.02 Å². The molecule has 1 aliphatic heterocycles. The second-order valence-electron chi connectivity index (χ2n) is 5.56. The first-order valence-corrected chi connectivity index (χ1v) is 8.51. The number of benzene rings is 1. The van der Waals surface area contributed by atoms with Gasteiger partial charge in [-0.05, 0) is 44.0 Å². The molecule has 0 atom stereocenters. The van der Waals surface area contributed by atoms with Crippen molar-refractivity contribution in [3.05, 3.63) is 22.7 Å². The van der Waals surface area contributed by atoms with Crippen molar-refractivity contribution < 1.29 is 14.3 Å². The van der Waals surface area contributed by atoms with Crippen LogP contribution in [0, 0.1) is 0 Å². The molecule has 0 aliphatic carbocycles. The van der Waals surface area contributed by atoms with Gasteiger partial charge in [-0.3, -0.25) is 4.79 Å². The Labute approximate surface area is 142 Å². The lowest BCUT2D eigenvalue weighted by Crippen LogP contribution is -2.28. The highest BCUT2D eigenvalue weighted by molar-refractivity contribution is 6.32. The Bertz CT molecular complexity index is 537. The molecule has 5 nitrogen and oxygen atoms in total. The zero-order valence-corrected chi connectivity index (χ0v) is 14.6. The van der Waals surface area contributed by atoms with Crippen molar-refractivity contribution in [2.45, 2.75) is 32.7 Å². The van der Waals surface area contributed by atoms with Crippen LogP contribution < -0.4 is 14.8 Å². The zero-order chi connectivity index (χ0) is 16.7. The first kappa shape index (κ1) is 17.9. The number of hydrogen-bond acceptors (Lipinski definition) is 4. The van der Waals surface area contributed by atoms with Crippen LogP contribution in [0.1, 0.15) is 31.7 Å². The second kappa shape index (κ2) is 8.99. The minimum atomic E-state index is 0.285. The Morgan fingerprint density at radius 1 is 1.39 bits per heavy atom. The number of ether oxygens (including phenoxy) is 2. The van der Waals surface area contributed by atoms with Gasteiger partial charge in [0.25, 0.3) is 0 Å². The quantitative estimate of drug-likeness (QED) is 0.702. The summed E-state index contributed by atoms with van der Waals surface area (Å²) in [6, 6.07) is 3.84. The van der Waals surface area contributed by atoms with E-state index in [1.165, 1.54) is 0 Å². The van der Waals surface area contributed by atoms with Gasteiger partial charge in [-0.2, -0.15) is 0 Å². The largest absolute Gasteiger partial charge is 0.491 e. The second-order valence-corrected chi connectivity index (χ2v) is 5.96. The fourth-order valence-corrected chi connectivity index (χ4v) is 3.06. The normalized spacial score (nSPS) is 14.4. The third-order valence-corrected chi connectivity index (χ3v) is 4.14. The summed E-state index contributed by atoms with van der Waals surface area (Å²) in [7, 11) is 1.58. The van der Waals surface area contributed by atoms with Gasteiger partial charge in [0.2, 0.25) is 5.91 Å². The van der Waals surface area contributed by atoms with Crippen LogP contribution in [0.5, 0.6) is 11.5 Å². The molecule has 0 bridgehead atoms. The first-order chi connectivity index (χ1) is 11.2. The minimum absolute atomic E-state index is 0.285. The summed E-state index contributed by atoms with van der Waals surface area (Å²) in [5.74, 6) is 1.53. The Balaban J connectivity index is 1.79. The van der Waals surface area contributed by atoms with E-state index in [0.717, 1.165) is 38.0 Å². The van der Waals surface area contributed by atoms with Gasteiger partial charge in [0.15, 0.2) is 11.5 Å². The Hall–Kier alpha value is -1.46. The van der Waals surface area contributed by atoms with E-state index in [1.807, 2.05) is 24.0 Å². The van der Waals surface area contributed by atoms with Crippen LogP contribution in [0.15, 0.2) is 12.1 Å². The molecule has 0 saturated carbocycles. The van der Waals surface area contributed by atoms with Gasteiger partial charge in [0.1, 0.15) is 0 Å². The lowest BCUT2D eigenvalue weighted by molar-refractivity contribution is -0.127. The molecule has 2 rings (SSSR count). The van der Waals surface area contributed by atoms with E-state index in [1.54, 1.807) is 7.11 Å².